The second-order valence-electron chi connectivity index (χ2n) is 5.10. The Bertz CT molecular complexity index is 378. The number of anilines is 1. The van der Waals surface area contributed by atoms with Gasteiger partial charge in [0.1, 0.15) is 0 Å². The zero-order valence-electron chi connectivity index (χ0n) is 9.50. The van der Waals surface area contributed by atoms with E-state index in [-0.39, 0.29) is 17.2 Å². The molecule has 80 valence electrons. The number of aryl methyl sites for hydroxylation is 1. The maximum atomic E-state index is 11.8. The van der Waals surface area contributed by atoms with Crippen molar-refractivity contribution in [2.75, 3.05) is 5.32 Å². The molecule has 2 heteroatoms. The molecule has 2 nitrogen and oxygen atoms in total. The van der Waals surface area contributed by atoms with Gasteiger partial charge in [-0.3, -0.25) is 4.79 Å². The van der Waals surface area contributed by atoms with E-state index >= 15 is 0 Å². The van der Waals surface area contributed by atoms with Crippen molar-refractivity contribution in [3.63, 3.8) is 0 Å². The highest BCUT2D eigenvalue weighted by atomic mass is 16.2. The van der Waals surface area contributed by atoms with E-state index in [0.717, 1.165) is 12.1 Å². The number of benzene rings is 1. The third-order valence-electron chi connectivity index (χ3n) is 3.15. The Morgan fingerprint density at radius 2 is 1.87 bits per heavy atom. The summed E-state index contributed by atoms with van der Waals surface area (Å²) in [6.45, 7) is 6.30. The maximum Gasteiger partial charge on any atom is 0.228 e. The SMILES string of the molecule is Cc1ccc(NC(=O)C2CC2(C)C)cc1. The van der Waals surface area contributed by atoms with Crippen LogP contribution in [0.15, 0.2) is 24.3 Å². The minimum Gasteiger partial charge on any atom is -0.326 e. The van der Waals surface area contributed by atoms with Gasteiger partial charge in [-0.25, -0.2) is 0 Å². The second kappa shape index (κ2) is 3.37. The van der Waals surface area contributed by atoms with E-state index in [2.05, 4.69) is 19.2 Å². The summed E-state index contributed by atoms with van der Waals surface area (Å²) in [4.78, 5) is 11.8. The van der Waals surface area contributed by atoms with Crippen LogP contribution in [0.5, 0.6) is 0 Å². The fourth-order valence-corrected chi connectivity index (χ4v) is 1.78. The molecule has 0 spiro atoms. The van der Waals surface area contributed by atoms with E-state index in [1.807, 2.05) is 31.2 Å². The second-order valence-corrected chi connectivity index (χ2v) is 5.10. The molecule has 1 aromatic rings. The molecule has 1 unspecified atom stereocenters. The lowest BCUT2D eigenvalue weighted by Crippen LogP contribution is -2.16. The Hall–Kier alpha value is -1.31. The summed E-state index contributed by atoms with van der Waals surface area (Å²) in [5.41, 5.74) is 2.31. The minimum absolute atomic E-state index is 0.156. The third-order valence-corrected chi connectivity index (χ3v) is 3.15. The molecule has 0 aromatic heterocycles. The molecular formula is C13H17NO. The monoisotopic (exact) mass is 203 g/mol. The summed E-state index contributed by atoms with van der Waals surface area (Å²) in [7, 11) is 0. The molecule has 0 heterocycles. The van der Waals surface area contributed by atoms with Crippen LogP contribution < -0.4 is 5.32 Å². The summed E-state index contributed by atoms with van der Waals surface area (Å²) >= 11 is 0. The van der Waals surface area contributed by atoms with Gasteiger partial charge in [0.2, 0.25) is 5.91 Å². The van der Waals surface area contributed by atoms with Crippen LogP contribution in [0.4, 0.5) is 5.69 Å². The Morgan fingerprint density at radius 3 is 2.33 bits per heavy atom. The number of nitrogens with one attached hydrogen (secondary N) is 1. The third kappa shape index (κ3) is 2.20. The van der Waals surface area contributed by atoms with Crippen molar-refractivity contribution in [2.45, 2.75) is 27.2 Å². The molecule has 1 saturated carbocycles. The van der Waals surface area contributed by atoms with Crippen molar-refractivity contribution in [2.24, 2.45) is 11.3 Å². The molecule has 0 saturated heterocycles. The van der Waals surface area contributed by atoms with Gasteiger partial charge in [-0.1, -0.05) is 31.5 Å². The van der Waals surface area contributed by atoms with E-state index in [4.69, 9.17) is 0 Å². The zero-order valence-corrected chi connectivity index (χ0v) is 9.50. The van der Waals surface area contributed by atoms with Crippen LogP contribution in [0.25, 0.3) is 0 Å². The van der Waals surface area contributed by atoms with Crippen LogP contribution in [-0.2, 0) is 4.79 Å². The van der Waals surface area contributed by atoms with Crippen LogP contribution >= 0.6 is 0 Å². The molecule has 1 atom stereocenters. The molecule has 2 rings (SSSR count). The predicted molar refractivity (Wildman–Crippen MR) is 61.7 cm³/mol. The molecule has 1 aliphatic carbocycles. The average molecular weight is 203 g/mol. The quantitative estimate of drug-likeness (QED) is 0.786. The number of amides is 1. The number of carbonyl (C=O) groups excluding carboxylic acids is 1. The highest BCUT2D eigenvalue weighted by molar-refractivity contribution is 5.94. The molecular weight excluding hydrogens is 186 g/mol. The van der Waals surface area contributed by atoms with Gasteiger partial charge in [0.25, 0.3) is 0 Å². The highest BCUT2D eigenvalue weighted by Crippen LogP contribution is 2.51. The molecule has 15 heavy (non-hydrogen) atoms. The first-order valence-corrected chi connectivity index (χ1v) is 5.36. The van der Waals surface area contributed by atoms with E-state index in [1.54, 1.807) is 0 Å². The molecule has 1 aromatic carbocycles. The Balaban J connectivity index is 1.98. The fraction of sp³-hybridized carbons (Fsp3) is 0.462. The molecule has 1 N–H and O–H groups in total. The van der Waals surface area contributed by atoms with Gasteiger partial charge >= 0.3 is 0 Å². The van der Waals surface area contributed by atoms with Crippen molar-refractivity contribution in [1.82, 2.24) is 0 Å². The molecule has 0 radical (unpaired) electrons. The normalized spacial score (nSPS) is 22.2. The number of carbonyl (C=O) groups is 1. The molecule has 1 amide bonds. The Labute approximate surface area is 90.7 Å². The number of rotatable bonds is 2. The van der Waals surface area contributed by atoms with Crippen LogP contribution in [0.2, 0.25) is 0 Å². The van der Waals surface area contributed by atoms with Gasteiger partial charge in [0, 0.05) is 11.6 Å². The van der Waals surface area contributed by atoms with Gasteiger partial charge in [-0.05, 0) is 30.9 Å². The topological polar surface area (TPSA) is 29.1 Å². The summed E-state index contributed by atoms with van der Waals surface area (Å²) in [6, 6.07) is 7.91. The summed E-state index contributed by atoms with van der Waals surface area (Å²) in [5.74, 6) is 0.350. The predicted octanol–water partition coefficient (Wildman–Crippen LogP) is 2.98. The van der Waals surface area contributed by atoms with E-state index in [0.29, 0.717) is 0 Å². The summed E-state index contributed by atoms with van der Waals surface area (Å²) < 4.78 is 0. The van der Waals surface area contributed by atoms with Crippen LogP contribution in [0.1, 0.15) is 25.8 Å². The largest absolute Gasteiger partial charge is 0.326 e. The van der Waals surface area contributed by atoms with Gasteiger partial charge in [-0.15, -0.1) is 0 Å². The molecule has 0 aliphatic heterocycles. The summed E-state index contributed by atoms with van der Waals surface area (Å²) in [5, 5.41) is 2.95. The lowest BCUT2D eigenvalue weighted by Gasteiger charge is -2.06. The number of hydrogen-bond acceptors (Lipinski definition) is 1. The van der Waals surface area contributed by atoms with Crippen molar-refractivity contribution in [3.8, 4) is 0 Å². The first-order chi connectivity index (χ1) is 6.99. The Kier molecular flexibility index (Phi) is 2.29. The lowest BCUT2D eigenvalue weighted by molar-refractivity contribution is -0.117. The zero-order chi connectivity index (χ0) is 11.1. The van der Waals surface area contributed by atoms with Crippen LogP contribution in [-0.4, -0.2) is 5.91 Å². The first-order valence-electron chi connectivity index (χ1n) is 5.36. The summed E-state index contributed by atoms with van der Waals surface area (Å²) in [6.07, 6.45) is 1.00. The lowest BCUT2D eigenvalue weighted by atomic mass is 10.1. The van der Waals surface area contributed by atoms with Crippen molar-refractivity contribution in [3.05, 3.63) is 29.8 Å². The van der Waals surface area contributed by atoms with Crippen LogP contribution in [0.3, 0.4) is 0 Å². The van der Waals surface area contributed by atoms with Crippen molar-refractivity contribution in [1.29, 1.82) is 0 Å². The van der Waals surface area contributed by atoms with Gasteiger partial charge in [0.15, 0.2) is 0 Å². The molecule has 0 bridgehead atoms. The standard InChI is InChI=1S/C13H17NO/c1-9-4-6-10(7-5-9)14-12(15)11-8-13(11,2)3/h4-7,11H,8H2,1-3H3,(H,14,15). The van der Waals surface area contributed by atoms with Gasteiger partial charge in [0.05, 0.1) is 0 Å². The van der Waals surface area contributed by atoms with Gasteiger partial charge in [-0.2, -0.15) is 0 Å². The van der Waals surface area contributed by atoms with Crippen molar-refractivity contribution >= 4 is 11.6 Å². The van der Waals surface area contributed by atoms with E-state index < -0.39 is 0 Å². The smallest absolute Gasteiger partial charge is 0.228 e. The van der Waals surface area contributed by atoms with Crippen molar-refractivity contribution < 1.29 is 4.79 Å². The molecule has 1 fully saturated rings. The Morgan fingerprint density at radius 1 is 1.33 bits per heavy atom. The maximum absolute atomic E-state index is 11.8. The van der Waals surface area contributed by atoms with Crippen LogP contribution in [0, 0.1) is 18.3 Å². The van der Waals surface area contributed by atoms with Gasteiger partial charge < -0.3 is 5.32 Å². The van der Waals surface area contributed by atoms with E-state index in [9.17, 15) is 4.79 Å². The van der Waals surface area contributed by atoms with E-state index in [1.165, 1.54) is 5.56 Å². The minimum atomic E-state index is 0.156. The molecule has 1 aliphatic rings. The number of hydrogen-bond donors (Lipinski definition) is 1. The fourth-order valence-electron chi connectivity index (χ4n) is 1.78. The first kappa shape index (κ1) is 10.2. The average Bonchev–Trinajstić information content (AvgIpc) is 2.79. The highest BCUT2D eigenvalue weighted by Gasteiger charge is 2.50.